The fourth-order valence-electron chi connectivity index (χ4n) is 1.24. The van der Waals surface area contributed by atoms with Gasteiger partial charge in [-0.15, -0.1) is 0 Å². The first-order valence-corrected chi connectivity index (χ1v) is 4.57. The molecule has 2 N–H and O–H groups in total. The van der Waals surface area contributed by atoms with E-state index in [4.69, 9.17) is 4.74 Å². The van der Waals surface area contributed by atoms with Crippen molar-refractivity contribution in [3.63, 3.8) is 0 Å². The first-order valence-electron chi connectivity index (χ1n) is 4.57. The standard InChI is InChI=1S/C8H17N3O2/c1-13-7-4-10-8(12)11-5-2-9-3-6-11/h9H,2-7H2,1H3,(H,10,12). The van der Waals surface area contributed by atoms with Crippen molar-refractivity contribution in [1.29, 1.82) is 0 Å². The zero-order chi connectivity index (χ0) is 9.52. The van der Waals surface area contributed by atoms with Crippen molar-refractivity contribution < 1.29 is 9.53 Å². The third kappa shape index (κ3) is 3.61. The van der Waals surface area contributed by atoms with Crippen LogP contribution in [0.4, 0.5) is 4.79 Å². The number of methoxy groups -OCH3 is 1. The number of carbonyl (C=O) groups excluding carboxylic acids is 1. The lowest BCUT2D eigenvalue weighted by molar-refractivity contribution is 0.175. The summed E-state index contributed by atoms with van der Waals surface area (Å²) >= 11 is 0. The molecule has 5 nitrogen and oxygen atoms in total. The van der Waals surface area contributed by atoms with Crippen molar-refractivity contribution in [3.05, 3.63) is 0 Å². The van der Waals surface area contributed by atoms with E-state index in [1.807, 2.05) is 4.90 Å². The van der Waals surface area contributed by atoms with Gasteiger partial charge in [-0.25, -0.2) is 4.79 Å². The molecule has 0 aromatic heterocycles. The summed E-state index contributed by atoms with van der Waals surface area (Å²) in [4.78, 5) is 13.2. The number of nitrogens with one attached hydrogen (secondary N) is 2. The Morgan fingerprint density at radius 1 is 1.54 bits per heavy atom. The van der Waals surface area contributed by atoms with Gasteiger partial charge in [0.1, 0.15) is 0 Å². The molecule has 1 rings (SSSR count). The summed E-state index contributed by atoms with van der Waals surface area (Å²) in [6, 6.07) is 0.0125. The van der Waals surface area contributed by atoms with E-state index < -0.39 is 0 Å². The largest absolute Gasteiger partial charge is 0.383 e. The topological polar surface area (TPSA) is 53.6 Å². The fraction of sp³-hybridized carbons (Fsp3) is 0.875. The van der Waals surface area contributed by atoms with Gasteiger partial charge in [-0.05, 0) is 0 Å². The number of ether oxygens (including phenoxy) is 1. The van der Waals surface area contributed by atoms with Gasteiger partial charge in [0.15, 0.2) is 0 Å². The van der Waals surface area contributed by atoms with Gasteiger partial charge in [-0.1, -0.05) is 0 Å². The van der Waals surface area contributed by atoms with Crippen molar-refractivity contribution >= 4 is 6.03 Å². The Labute approximate surface area is 78.4 Å². The molecule has 1 aliphatic rings. The second-order valence-electron chi connectivity index (χ2n) is 2.96. The minimum Gasteiger partial charge on any atom is -0.383 e. The van der Waals surface area contributed by atoms with Crippen LogP contribution in [-0.4, -0.2) is 57.4 Å². The Kier molecular flexibility index (Phi) is 4.56. The van der Waals surface area contributed by atoms with Gasteiger partial charge in [0, 0.05) is 39.8 Å². The summed E-state index contributed by atoms with van der Waals surface area (Å²) in [5, 5.41) is 5.98. The van der Waals surface area contributed by atoms with E-state index in [0.29, 0.717) is 13.2 Å². The van der Waals surface area contributed by atoms with Gasteiger partial charge in [0.05, 0.1) is 6.61 Å². The molecule has 0 atom stereocenters. The molecule has 13 heavy (non-hydrogen) atoms. The summed E-state index contributed by atoms with van der Waals surface area (Å²) in [6.07, 6.45) is 0. The fourth-order valence-corrected chi connectivity index (χ4v) is 1.24. The molecule has 0 radical (unpaired) electrons. The van der Waals surface area contributed by atoms with E-state index in [1.54, 1.807) is 7.11 Å². The van der Waals surface area contributed by atoms with E-state index in [-0.39, 0.29) is 6.03 Å². The van der Waals surface area contributed by atoms with E-state index in [2.05, 4.69) is 10.6 Å². The van der Waals surface area contributed by atoms with Crippen LogP contribution in [0.5, 0.6) is 0 Å². The molecular weight excluding hydrogens is 170 g/mol. The normalized spacial score (nSPS) is 17.2. The quantitative estimate of drug-likeness (QED) is 0.571. The van der Waals surface area contributed by atoms with E-state index in [1.165, 1.54) is 0 Å². The van der Waals surface area contributed by atoms with Gasteiger partial charge < -0.3 is 20.3 Å². The highest BCUT2D eigenvalue weighted by Gasteiger charge is 2.14. The van der Waals surface area contributed by atoms with Crippen LogP contribution in [0.3, 0.4) is 0 Å². The predicted molar refractivity (Wildman–Crippen MR) is 49.7 cm³/mol. The predicted octanol–water partition coefficient (Wildman–Crippen LogP) is -0.752. The van der Waals surface area contributed by atoms with Crippen molar-refractivity contribution in [3.8, 4) is 0 Å². The number of nitrogens with zero attached hydrogens (tertiary/aromatic N) is 1. The average molecular weight is 187 g/mol. The lowest BCUT2D eigenvalue weighted by atomic mass is 10.4. The summed E-state index contributed by atoms with van der Waals surface area (Å²) in [5.41, 5.74) is 0. The van der Waals surface area contributed by atoms with Gasteiger partial charge >= 0.3 is 6.03 Å². The van der Waals surface area contributed by atoms with E-state index in [0.717, 1.165) is 26.2 Å². The minimum absolute atomic E-state index is 0.0125. The van der Waals surface area contributed by atoms with Gasteiger partial charge in [0.2, 0.25) is 0 Å². The monoisotopic (exact) mass is 187 g/mol. The van der Waals surface area contributed by atoms with Crippen LogP contribution in [0.15, 0.2) is 0 Å². The Hall–Kier alpha value is -0.810. The highest BCUT2D eigenvalue weighted by atomic mass is 16.5. The Morgan fingerprint density at radius 2 is 2.23 bits per heavy atom. The second-order valence-corrected chi connectivity index (χ2v) is 2.96. The Bertz CT molecular complexity index is 157. The number of urea groups is 1. The van der Waals surface area contributed by atoms with E-state index >= 15 is 0 Å². The van der Waals surface area contributed by atoms with Crippen molar-refractivity contribution in [2.24, 2.45) is 0 Å². The van der Waals surface area contributed by atoms with Crippen LogP contribution in [-0.2, 0) is 4.74 Å². The van der Waals surface area contributed by atoms with Crippen LogP contribution in [0.1, 0.15) is 0 Å². The molecule has 1 saturated heterocycles. The molecule has 0 bridgehead atoms. The first kappa shape index (κ1) is 10.3. The average Bonchev–Trinajstić information content (AvgIpc) is 2.19. The molecule has 0 aromatic carbocycles. The first-order chi connectivity index (χ1) is 6.34. The zero-order valence-corrected chi connectivity index (χ0v) is 8.01. The Balaban J connectivity index is 2.13. The second kappa shape index (κ2) is 5.77. The van der Waals surface area contributed by atoms with Gasteiger partial charge in [-0.3, -0.25) is 0 Å². The summed E-state index contributed by atoms with van der Waals surface area (Å²) < 4.78 is 4.83. The Morgan fingerprint density at radius 3 is 2.85 bits per heavy atom. The van der Waals surface area contributed by atoms with Crippen LogP contribution >= 0.6 is 0 Å². The number of piperazine rings is 1. The van der Waals surface area contributed by atoms with Crippen molar-refractivity contribution in [2.75, 3.05) is 46.4 Å². The molecule has 0 aliphatic carbocycles. The molecule has 1 heterocycles. The van der Waals surface area contributed by atoms with Crippen LogP contribution < -0.4 is 10.6 Å². The number of carbonyl (C=O) groups is 1. The summed E-state index contributed by atoms with van der Waals surface area (Å²) in [5.74, 6) is 0. The maximum absolute atomic E-state index is 11.4. The summed E-state index contributed by atoms with van der Waals surface area (Å²) in [7, 11) is 1.62. The smallest absolute Gasteiger partial charge is 0.317 e. The lowest BCUT2D eigenvalue weighted by Gasteiger charge is -2.27. The van der Waals surface area contributed by atoms with Crippen molar-refractivity contribution in [2.45, 2.75) is 0 Å². The number of hydrogen-bond donors (Lipinski definition) is 2. The van der Waals surface area contributed by atoms with Gasteiger partial charge in [0.25, 0.3) is 0 Å². The molecule has 0 spiro atoms. The molecule has 0 saturated carbocycles. The van der Waals surface area contributed by atoms with Crippen LogP contribution in [0.2, 0.25) is 0 Å². The molecule has 0 aromatic rings. The van der Waals surface area contributed by atoms with Crippen LogP contribution in [0.25, 0.3) is 0 Å². The third-order valence-corrected chi connectivity index (χ3v) is 1.99. The van der Waals surface area contributed by atoms with Gasteiger partial charge in [-0.2, -0.15) is 0 Å². The molecule has 5 heteroatoms. The van der Waals surface area contributed by atoms with Crippen LogP contribution in [0, 0.1) is 0 Å². The number of rotatable bonds is 3. The SMILES string of the molecule is COCCNC(=O)N1CCNCC1. The van der Waals surface area contributed by atoms with E-state index in [9.17, 15) is 4.79 Å². The highest BCUT2D eigenvalue weighted by molar-refractivity contribution is 5.74. The molecule has 1 aliphatic heterocycles. The lowest BCUT2D eigenvalue weighted by Crippen LogP contribution is -2.50. The molecule has 2 amide bonds. The van der Waals surface area contributed by atoms with Crippen molar-refractivity contribution in [1.82, 2.24) is 15.5 Å². The number of hydrogen-bond acceptors (Lipinski definition) is 3. The number of amides is 2. The summed E-state index contributed by atoms with van der Waals surface area (Å²) in [6.45, 7) is 4.50. The zero-order valence-electron chi connectivity index (χ0n) is 8.01. The molecule has 0 unspecified atom stereocenters. The highest BCUT2D eigenvalue weighted by Crippen LogP contribution is 1.91. The maximum Gasteiger partial charge on any atom is 0.317 e. The molecular formula is C8H17N3O2. The molecule has 76 valence electrons. The maximum atomic E-state index is 11.4. The molecule has 1 fully saturated rings. The minimum atomic E-state index is 0.0125. The third-order valence-electron chi connectivity index (χ3n) is 1.99.